The summed E-state index contributed by atoms with van der Waals surface area (Å²) in [5.41, 5.74) is 0. The van der Waals surface area contributed by atoms with Crippen LogP contribution in [0.3, 0.4) is 0 Å². The number of morpholine rings is 1. The van der Waals surface area contributed by atoms with Crippen LogP contribution in [0.5, 0.6) is 0 Å². The maximum atomic E-state index is 12.3. The van der Waals surface area contributed by atoms with Gasteiger partial charge >= 0.3 is 6.03 Å². The fraction of sp³-hybridized carbons (Fsp3) is 0.733. The highest BCUT2D eigenvalue weighted by atomic mass is 16.5. The minimum absolute atomic E-state index is 0.0631. The number of nitrogens with one attached hydrogen (secondary N) is 1. The lowest BCUT2D eigenvalue weighted by Gasteiger charge is -2.37. The van der Waals surface area contributed by atoms with Crippen molar-refractivity contribution in [3.63, 3.8) is 0 Å². The zero-order valence-electron chi connectivity index (χ0n) is 13.4. The first kappa shape index (κ1) is 15.8. The van der Waals surface area contributed by atoms with Gasteiger partial charge in [-0.1, -0.05) is 13.8 Å². The molecule has 1 aliphatic rings. The summed E-state index contributed by atoms with van der Waals surface area (Å²) in [6.07, 6.45) is 3.05. The average molecular weight is 294 g/mol. The van der Waals surface area contributed by atoms with E-state index in [-0.39, 0.29) is 18.2 Å². The topological polar surface area (TPSA) is 59.4 Å². The molecule has 1 N–H and O–H groups in total. The highest BCUT2D eigenvalue weighted by Gasteiger charge is 2.29. The summed E-state index contributed by atoms with van der Waals surface area (Å²) in [6.45, 7) is 10.4. The molecule has 1 aromatic rings. The Bertz CT molecular complexity index is 472. The fourth-order valence-corrected chi connectivity index (χ4v) is 2.34. The van der Waals surface area contributed by atoms with Gasteiger partial charge in [0.05, 0.1) is 18.8 Å². The molecule has 6 heteroatoms. The molecule has 1 saturated heterocycles. The molecule has 0 bridgehead atoms. The van der Waals surface area contributed by atoms with Crippen LogP contribution in [0.2, 0.25) is 0 Å². The Kier molecular flexibility index (Phi) is 5.22. The van der Waals surface area contributed by atoms with E-state index in [2.05, 4.69) is 24.3 Å². The molecule has 0 saturated carbocycles. The first-order valence-electron chi connectivity index (χ1n) is 7.70. The van der Waals surface area contributed by atoms with Crippen LogP contribution in [0.4, 0.5) is 10.6 Å². The quantitative estimate of drug-likeness (QED) is 0.928. The average Bonchev–Trinajstić information content (AvgIpc) is 2.87. The Morgan fingerprint density at radius 1 is 1.52 bits per heavy atom. The third-order valence-electron chi connectivity index (χ3n) is 3.96. The molecule has 1 fully saturated rings. The van der Waals surface area contributed by atoms with Crippen LogP contribution in [-0.2, 0) is 11.3 Å². The molecule has 0 aliphatic carbocycles. The van der Waals surface area contributed by atoms with Crippen LogP contribution >= 0.6 is 0 Å². The van der Waals surface area contributed by atoms with Gasteiger partial charge in [-0.15, -0.1) is 0 Å². The van der Waals surface area contributed by atoms with Crippen LogP contribution in [0.25, 0.3) is 0 Å². The normalized spacial score (nSPS) is 22.6. The number of nitrogens with zero attached hydrogens (tertiary/aromatic N) is 3. The van der Waals surface area contributed by atoms with Gasteiger partial charge in [0.1, 0.15) is 0 Å². The van der Waals surface area contributed by atoms with Gasteiger partial charge in [-0.3, -0.25) is 10.00 Å². The molecule has 0 unspecified atom stereocenters. The van der Waals surface area contributed by atoms with E-state index in [0.29, 0.717) is 24.9 Å². The van der Waals surface area contributed by atoms with Crippen molar-refractivity contribution in [1.29, 1.82) is 0 Å². The van der Waals surface area contributed by atoms with E-state index in [4.69, 9.17) is 4.74 Å². The molecule has 2 rings (SSSR count). The Morgan fingerprint density at radius 2 is 2.29 bits per heavy atom. The van der Waals surface area contributed by atoms with Crippen LogP contribution in [0.15, 0.2) is 12.3 Å². The predicted molar refractivity (Wildman–Crippen MR) is 82.3 cm³/mol. The number of aryl methyl sites for hydroxylation is 1. The zero-order valence-corrected chi connectivity index (χ0v) is 13.4. The lowest BCUT2D eigenvalue weighted by molar-refractivity contribution is -0.0355. The molecule has 2 amide bonds. The maximum Gasteiger partial charge on any atom is 0.323 e. The van der Waals surface area contributed by atoms with E-state index in [1.165, 1.54) is 0 Å². The number of aromatic nitrogens is 2. The van der Waals surface area contributed by atoms with E-state index in [1.54, 1.807) is 4.90 Å². The molecule has 118 valence electrons. The van der Waals surface area contributed by atoms with E-state index in [1.807, 2.05) is 30.8 Å². The zero-order chi connectivity index (χ0) is 15.4. The van der Waals surface area contributed by atoms with Gasteiger partial charge in [0.25, 0.3) is 0 Å². The molecule has 2 atom stereocenters. The van der Waals surface area contributed by atoms with Gasteiger partial charge in [-0.2, -0.15) is 5.10 Å². The number of hydrogen-bond donors (Lipinski definition) is 1. The summed E-state index contributed by atoms with van der Waals surface area (Å²) in [7, 11) is 0. The molecular formula is C15H26N4O2. The summed E-state index contributed by atoms with van der Waals surface area (Å²) in [5.74, 6) is 1.25. The number of anilines is 1. The van der Waals surface area contributed by atoms with Gasteiger partial charge in [0.15, 0.2) is 5.82 Å². The number of amides is 2. The van der Waals surface area contributed by atoms with Gasteiger partial charge in [-0.25, -0.2) is 4.79 Å². The Morgan fingerprint density at radius 3 is 3.00 bits per heavy atom. The molecule has 0 aromatic carbocycles. The lowest BCUT2D eigenvalue weighted by Crippen LogP contribution is -2.52. The Labute approximate surface area is 126 Å². The van der Waals surface area contributed by atoms with Crippen molar-refractivity contribution in [2.24, 2.45) is 5.92 Å². The second-order valence-corrected chi connectivity index (χ2v) is 6.09. The summed E-state index contributed by atoms with van der Waals surface area (Å²) < 4.78 is 7.41. The molecular weight excluding hydrogens is 268 g/mol. The lowest BCUT2D eigenvalue weighted by atomic mass is 10.1. The smallest absolute Gasteiger partial charge is 0.323 e. The monoisotopic (exact) mass is 294 g/mol. The second-order valence-electron chi connectivity index (χ2n) is 6.09. The number of rotatable bonds is 4. The van der Waals surface area contributed by atoms with Crippen molar-refractivity contribution < 1.29 is 9.53 Å². The molecule has 6 nitrogen and oxygen atoms in total. The highest BCUT2D eigenvalue weighted by Crippen LogP contribution is 2.15. The Hall–Kier alpha value is -1.56. The van der Waals surface area contributed by atoms with Crippen molar-refractivity contribution >= 4 is 11.8 Å². The number of carbonyl (C=O) groups excluding carboxylic acids is 1. The SMILES string of the molecule is CC(C)CCn1ccc(NC(=O)N2CCO[C@H](C)[C@H]2C)n1. The summed E-state index contributed by atoms with van der Waals surface area (Å²) >= 11 is 0. The highest BCUT2D eigenvalue weighted by molar-refractivity contribution is 5.88. The van der Waals surface area contributed by atoms with Crippen molar-refractivity contribution in [3.8, 4) is 0 Å². The van der Waals surface area contributed by atoms with Crippen LogP contribution in [-0.4, -0.2) is 46.0 Å². The molecule has 0 spiro atoms. The molecule has 0 radical (unpaired) electrons. The number of carbonyl (C=O) groups is 1. The first-order valence-corrected chi connectivity index (χ1v) is 7.70. The van der Waals surface area contributed by atoms with Crippen molar-refractivity contribution in [3.05, 3.63) is 12.3 Å². The molecule has 1 aromatic heterocycles. The molecule has 21 heavy (non-hydrogen) atoms. The van der Waals surface area contributed by atoms with E-state index in [9.17, 15) is 4.79 Å². The number of hydrogen-bond acceptors (Lipinski definition) is 3. The van der Waals surface area contributed by atoms with Gasteiger partial charge in [-0.05, 0) is 26.2 Å². The van der Waals surface area contributed by atoms with Gasteiger partial charge in [0, 0.05) is 25.4 Å². The molecule has 2 heterocycles. The Balaban J connectivity index is 1.90. The third kappa shape index (κ3) is 4.20. The minimum atomic E-state index is -0.105. The maximum absolute atomic E-state index is 12.3. The summed E-state index contributed by atoms with van der Waals surface area (Å²) in [5, 5.41) is 7.26. The van der Waals surface area contributed by atoms with Gasteiger partial charge < -0.3 is 9.64 Å². The predicted octanol–water partition coefficient (Wildman–Crippen LogP) is 2.57. The van der Waals surface area contributed by atoms with E-state index in [0.717, 1.165) is 13.0 Å². The van der Waals surface area contributed by atoms with E-state index >= 15 is 0 Å². The standard InChI is InChI=1S/C15H26N4O2/c1-11(2)5-7-18-8-6-14(17-18)16-15(20)19-9-10-21-13(4)12(19)3/h6,8,11-13H,5,7,9-10H2,1-4H3,(H,16,17,20)/t12-,13-/m1/s1. The third-order valence-corrected chi connectivity index (χ3v) is 3.96. The van der Waals surface area contributed by atoms with Crippen molar-refractivity contribution in [1.82, 2.24) is 14.7 Å². The minimum Gasteiger partial charge on any atom is -0.375 e. The van der Waals surface area contributed by atoms with Crippen LogP contribution in [0, 0.1) is 5.92 Å². The van der Waals surface area contributed by atoms with Crippen molar-refractivity contribution in [2.75, 3.05) is 18.5 Å². The van der Waals surface area contributed by atoms with Crippen molar-refractivity contribution in [2.45, 2.75) is 52.8 Å². The second kappa shape index (κ2) is 6.93. The summed E-state index contributed by atoms with van der Waals surface area (Å²) in [4.78, 5) is 14.1. The first-order chi connectivity index (χ1) is 9.97. The van der Waals surface area contributed by atoms with E-state index < -0.39 is 0 Å². The fourth-order valence-electron chi connectivity index (χ4n) is 2.34. The number of ether oxygens (including phenoxy) is 1. The largest absolute Gasteiger partial charge is 0.375 e. The van der Waals surface area contributed by atoms with Gasteiger partial charge in [0.2, 0.25) is 0 Å². The summed E-state index contributed by atoms with van der Waals surface area (Å²) in [6, 6.07) is 1.81. The molecule has 1 aliphatic heterocycles. The van der Waals surface area contributed by atoms with Crippen LogP contribution in [0.1, 0.15) is 34.1 Å². The van der Waals surface area contributed by atoms with Crippen LogP contribution < -0.4 is 5.32 Å². The number of urea groups is 1.